The summed E-state index contributed by atoms with van der Waals surface area (Å²) in [6.07, 6.45) is 4.48. The molecule has 0 bridgehead atoms. The fraction of sp³-hybridized carbons (Fsp3) is 0.396. The van der Waals surface area contributed by atoms with Gasteiger partial charge in [0.2, 0.25) is 17.7 Å². The number of thiazole rings is 1. The van der Waals surface area contributed by atoms with Gasteiger partial charge >= 0.3 is 0 Å². The molecule has 0 spiro atoms. The van der Waals surface area contributed by atoms with E-state index in [1.165, 1.54) is 4.90 Å². The maximum Gasteiger partial charge on any atom is 0.282 e. The van der Waals surface area contributed by atoms with Crippen molar-refractivity contribution in [3.8, 4) is 27.3 Å². The minimum absolute atomic E-state index is 0.00331. The number of fused-ring (bicyclic) bond motifs is 5. The van der Waals surface area contributed by atoms with Gasteiger partial charge in [-0.05, 0) is 86.4 Å². The molecule has 0 aliphatic carbocycles. The largest absolute Gasteiger partial charge is 0.391 e. The number of carbonyl (C=O) groups excluding carboxylic acids is 3. The molecular weight excluding hydrogens is 836 g/mol. The lowest BCUT2D eigenvalue weighted by Gasteiger charge is -2.35. The van der Waals surface area contributed by atoms with Gasteiger partial charge in [0.05, 0.1) is 61.5 Å². The highest BCUT2D eigenvalue weighted by Crippen LogP contribution is 2.44. The Morgan fingerprint density at radius 2 is 1.76 bits per heavy atom. The molecule has 2 aliphatic heterocycles. The average Bonchev–Trinajstić information content (AvgIpc) is 4.03. The van der Waals surface area contributed by atoms with Gasteiger partial charge in [-0.1, -0.05) is 74.8 Å². The van der Waals surface area contributed by atoms with E-state index in [4.69, 9.17) is 11.6 Å². The summed E-state index contributed by atoms with van der Waals surface area (Å²) in [6, 6.07) is 17.5. The lowest BCUT2D eigenvalue weighted by molar-refractivity contribution is -0.144. The number of aromatic nitrogens is 5. The van der Waals surface area contributed by atoms with Crippen LogP contribution in [0.25, 0.3) is 38.2 Å². The van der Waals surface area contributed by atoms with Crippen molar-refractivity contribution in [2.45, 2.75) is 110 Å². The molecule has 63 heavy (non-hydrogen) atoms. The van der Waals surface area contributed by atoms with Crippen LogP contribution in [-0.2, 0) is 26.3 Å². The highest BCUT2D eigenvalue weighted by molar-refractivity contribution is 7.13. The number of amides is 3. The smallest absolute Gasteiger partial charge is 0.282 e. The van der Waals surface area contributed by atoms with E-state index in [1.54, 1.807) is 17.4 Å². The number of nitrogens with zero attached hydrogens (tertiary/aromatic N) is 6. The summed E-state index contributed by atoms with van der Waals surface area (Å²) >= 11 is 8.06. The predicted molar refractivity (Wildman–Crippen MR) is 246 cm³/mol. The van der Waals surface area contributed by atoms with Gasteiger partial charge in [0.15, 0.2) is 0 Å². The maximum atomic E-state index is 14.2. The summed E-state index contributed by atoms with van der Waals surface area (Å²) in [5.74, 6) is -0.341. The SMILES string of the molecule is Cc1ncsc1-c1ccc([C@H](C)NC(=O)[C@@H]2C[C@@H](O)CN2C(=O)[C@@H](NC(=O)CCCCn2cc(-c3ccc4c(c3)-n3c(nc(=O)c5c(Cl)cccc53)C4(C)C)cn2)C(C)(C)C)cc1. The van der Waals surface area contributed by atoms with Crippen LogP contribution in [0.5, 0.6) is 0 Å². The third-order valence-electron chi connectivity index (χ3n) is 12.4. The summed E-state index contributed by atoms with van der Waals surface area (Å²) in [5.41, 5.74) is 7.85. The van der Waals surface area contributed by atoms with Gasteiger partial charge in [-0.25, -0.2) is 4.98 Å². The first-order valence-corrected chi connectivity index (χ1v) is 22.7. The molecule has 2 aliphatic rings. The number of nitrogens with one attached hydrogen (secondary N) is 2. The molecule has 1 fully saturated rings. The standard InChI is InChI=1S/C48H53ClN8O5S/c1-27(29-14-16-30(17-15-29)41-28(2)50-26-63-41)52-43(60)38-22-33(58)25-56(38)45(62)42(47(3,4)5)53-39(59)13-8-9-20-55-24-32(23-51-55)31-18-19-34-37(21-31)57-36-12-10-11-35(49)40(36)44(61)54-46(57)48(34,6)7/h10-12,14-19,21,23-24,26-27,33,38,42,58H,8-9,13,20,22,25H2,1-7H3,(H,52,60)(H,53,59)/t27-,33+,38-,42+/m0/s1. The summed E-state index contributed by atoms with van der Waals surface area (Å²) < 4.78 is 3.89. The predicted octanol–water partition coefficient (Wildman–Crippen LogP) is 7.51. The number of rotatable bonds is 12. The minimum Gasteiger partial charge on any atom is -0.391 e. The van der Waals surface area contributed by atoms with Crippen LogP contribution in [0.3, 0.4) is 0 Å². The molecule has 0 unspecified atom stereocenters. The number of aryl methyl sites for hydroxylation is 2. The van der Waals surface area contributed by atoms with E-state index in [0.717, 1.165) is 44.1 Å². The second kappa shape index (κ2) is 17.1. The number of hydrogen-bond acceptors (Lipinski definition) is 9. The number of β-amino-alcohol motifs (C(OH)–C–C–N with tert-alkyl or cyclic N) is 1. The van der Waals surface area contributed by atoms with Gasteiger partial charge < -0.3 is 20.6 Å². The van der Waals surface area contributed by atoms with Crippen molar-refractivity contribution in [1.82, 2.24) is 39.8 Å². The number of halogens is 1. The molecule has 8 rings (SSSR count). The molecule has 3 aromatic carbocycles. The van der Waals surface area contributed by atoms with Crippen molar-refractivity contribution in [3.05, 3.63) is 117 Å². The topological polar surface area (TPSA) is 164 Å². The minimum atomic E-state index is -0.907. The Kier molecular flexibility index (Phi) is 11.9. The zero-order chi connectivity index (χ0) is 45.0. The average molecular weight is 890 g/mol. The van der Waals surface area contributed by atoms with E-state index < -0.39 is 34.9 Å². The van der Waals surface area contributed by atoms with Crippen LogP contribution in [0.2, 0.25) is 5.02 Å². The summed E-state index contributed by atoms with van der Waals surface area (Å²) in [4.78, 5) is 65.7. The normalized spacial score (nSPS) is 17.6. The molecule has 0 radical (unpaired) electrons. The number of hydrogen-bond donors (Lipinski definition) is 3. The quantitative estimate of drug-likeness (QED) is 0.106. The number of aliphatic hydroxyl groups is 1. The Hall–Kier alpha value is -5.70. The van der Waals surface area contributed by atoms with E-state index in [0.29, 0.717) is 41.1 Å². The van der Waals surface area contributed by atoms with E-state index in [2.05, 4.69) is 57.7 Å². The monoisotopic (exact) mass is 888 g/mol. The first kappa shape index (κ1) is 43.9. The van der Waals surface area contributed by atoms with Gasteiger partial charge in [-0.3, -0.25) is 28.4 Å². The molecule has 0 saturated carbocycles. The van der Waals surface area contributed by atoms with Crippen molar-refractivity contribution < 1.29 is 19.5 Å². The molecular formula is C48H53ClN8O5S. The highest BCUT2D eigenvalue weighted by Gasteiger charge is 2.45. The van der Waals surface area contributed by atoms with Crippen LogP contribution < -0.4 is 16.2 Å². The molecule has 3 amide bonds. The third-order valence-corrected chi connectivity index (χ3v) is 13.7. The number of likely N-dealkylation sites (tertiary alicyclic amines) is 1. The lowest BCUT2D eigenvalue weighted by atomic mass is 9.85. The Bertz CT molecular complexity index is 2790. The first-order valence-electron chi connectivity index (χ1n) is 21.4. The fourth-order valence-corrected chi connectivity index (χ4v) is 9.94. The van der Waals surface area contributed by atoms with Crippen molar-refractivity contribution >= 4 is 51.6 Å². The first-order chi connectivity index (χ1) is 29.9. The maximum absolute atomic E-state index is 14.2. The van der Waals surface area contributed by atoms with Gasteiger partial charge in [-0.2, -0.15) is 10.1 Å². The molecule has 4 atom stereocenters. The zero-order valence-corrected chi connectivity index (χ0v) is 38.2. The second-order valence-corrected chi connectivity index (χ2v) is 19.7. The number of aliphatic hydroxyl groups excluding tert-OH is 1. The van der Waals surface area contributed by atoms with Crippen LogP contribution in [0.4, 0.5) is 0 Å². The molecule has 15 heteroatoms. The van der Waals surface area contributed by atoms with Crippen molar-refractivity contribution in [3.63, 3.8) is 0 Å². The Balaban J connectivity index is 0.872. The number of carbonyl (C=O) groups is 3. The Labute approximate surface area is 375 Å². The van der Waals surface area contributed by atoms with Crippen LogP contribution >= 0.6 is 22.9 Å². The molecule has 3 aromatic heterocycles. The molecule has 1 saturated heterocycles. The highest BCUT2D eigenvalue weighted by atomic mass is 35.5. The zero-order valence-electron chi connectivity index (χ0n) is 36.6. The van der Waals surface area contributed by atoms with Crippen molar-refractivity contribution in [2.24, 2.45) is 5.41 Å². The van der Waals surface area contributed by atoms with E-state index in [-0.39, 0.29) is 42.8 Å². The van der Waals surface area contributed by atoms with E-state index in [1.807, 2.05) is 98.2 Å². The van der Waals surface area contributed by atoms with Crippen molar-refractivity contribution in [2.75, 3.05) is 6.54 Å². The second-order valence-electron chi connectivity index (χ2n) is 18.4. The van der Waals surface area contributed by atoms with Crippen LogP contribution in [-0.4, -0.2) is 76.8 Å². The van der Waals surface area contributed by atoms with Gasteiger partial charge in [0.25, 0.3) is 5.56 Å². The molecule has 5 heterocycles. The van der Waals surface area contributed by atoms with Crippen molar-refractivity contribution in [1.29, 1.82) is 0 Å². The molecule has 6 aromatic rings. The van der Waals surface area contributed by atoms with E-state index in [9.17, 15) is 24.3 Å². The third kappa shape index (κ3) is 8.55. The Morgan fingerprint density at radius 1 is 1.02 bits per heavy atom. The van der Waals surface area contributed by atoms with Gasteiger partial charge in [-0.15, -0.1) is 11.3 Å². The molecule has 13 nitrogen and oxygen atoms in total. The van der Waals surface area contributed by atoms with E-state index >= 15 is 0 Å². The van der Waals surface area contributed by atoms with Crippen LogP contribution in [0, 0.1) is 12.3 Å². The Morgan fingerprint density at radius 3 is 2.48 bits per heavy atom. The molecule has 328 valence electrons. The molecule has 3 N–H and O–H groups in total. The number of unbranched alkanes of at least 4 members (excludes halogenated alkanes) is 1. The lowest BCUT2D eigenvalue weighted by Crippen LogP contribution is -2.57. The summed E-state index contributed by atoms with van der Waals surface area (Å²) in [7, 11) is 0. The fourth-order valence-electron chi connectivity index (χ4n) is 8.88. The van der Waals surface area contributed by atoms with Crippen LogP contribution in [0.15, 0.2) is 83.4 Å². The van der Waals surface area contributed by atoms with Crippen LogP contribution in [0.1, 0.15) is 95.9 Å². The van der Waals surface area contributed by atoms with Gasteiger partial charge in [0, 0.05) is 37.7 Å². The summed E-state index contributed by atoms with van der Waals surface area (Å²) in [5, 5.41) is 22.1. The number of benzene rings is 3. The summed E-state index contributed by atoms with van der Waals surface area (Å²) in [6.45, 7) is 14.2. The van der Waals surface area contributed by atoms with Gasteiger partial charge in [0.1, 0.15) is 17.9 Å².